The molecule has 1 heterocycles. The molecule has 3 N–H and O–H groups in total. The van der Waals surface area contributed by atoms with Crippen molar-refractivity contribution in [1.29, 1.82) is 0 Å². The lowest BCUT2D eigenvalue weighted by molar-refractivity contribution is -0.301. The molecule has 1 aliphatic rings. The fourth-order valence-electron chi connectivity index (χ4n) is 8.02. The summed E-state index contributed by atoms with van der Waals surface area (Å²) in [5.41, 5.74) is 0. The number of ether oxygens (including phenoxy) is 5. The summed E-state index contributed by atoms with van der Waals surface area (Å²) >= 11 is 0. The summed E-state index contributed by atoms with van der Waals surface area (Å²) in [5.74, 6) is -3.25. The van der Waals surface area contributed by atoms with Gasteiger partial charge in [-0.25, -0.2) is 4.79 Å². The molecule has 434 valence electrons. The maximum Gasteiger partial charge on any atom is 0.335 e. The van der Waals surface area contributed by atoms with Gasteiger partial charge in [0, 0.05) is 19.3 Å². The number of esters is 3. The molecule has 77 heavy (non-hydrogen) atoms. The maximum atomic E-state index is 13.1. The molecule has 0 radical (unpaired) electrons. The number of carbonyl (C=O) groups is 4. The number of aliphatic hydroxyl groups excluding tert-OH is 2. The van der Waals surface area contributed by atoms with Crippen molar-refractivity contribution in [3.63, 3.8) is 0 Å². The Labute approximate surface area is 465 Å². The predicted molar refractivity (Wildman–Crippen MR) is 312 cm³/mol. The summed E-state index contributed by atoms with van der Waals surface area (Å²) in [6.07, 6.45) is 58.9. The Morgan fingerprint density at radius 1 is 0.442 bits per heavy atom. The Morgan fingerprint density at radius 3 is 1.29 bits per heavy atom. The number of carboxylic acid groups (broad SMARTS) is 1. The zero-order valence-corrected chi connectivity index (χ0v) is 47.7. The van der Waals surface area contributed by atoms with Gasteiger partial charge in [0.15, 0.2) is 24.6 Å². The fourth-order valence-corrected chi connectivity index (χ4v) is 8.02. The third-order valence-corrected chi connectivity index (χ3v) is 12.5. The summed E-state index contributed by atoms with van der Waals surface area (Å²) < 4.78 is 28.3. The van der Waals surface area contributed by atoms with Gasteiger partial charge >= 0.3 is 23.9 Å². The Morgan fingerprint density at radius 2 is 0.818 bits per heavy atom. The molecule has 1 aliphatic heterocycles. The van der Waals surface area contributed by atoms with Crippen LogP contribution in [0.2, 0.25) is 0 Å². The van der Waals surface area contributed by atoms with Crippen LogP contribution in [0, 0.1) is 0 Å². The first-order valence-electron chi connectivity index (χ1n) is 29.5. The molecule has 6 unspecified atom stereocenters. The number of carboxylic acids is 1. The number of hydrogen-bond acceptors (Lipinski definition) is 11. The molecule has 1 rings (SSSR count). The molecule has 1 fully saturated rings. The highest BCUT2D eigenvalue weighted by molar-refractivity contribution is 5.74. The second-order valence-corrected chi connectivity index (χ2v) is 19.5. The van der Waals surface area contributed by atoms with E-state index >= 15 is 0 Å². The Bertz CT molecular complexity index is 1800. The molecular weight excluding hydrogens is 973 g/mol. The van der Waals surface area contributed by atoms with Crippen LogP contribution in [0.25, 0.3) is 0 Å². The minimum Gasteiger partial charge on any atom is -0.479 e. The third-order valence-electron chi connectivity index (χ3n) is 12.5. The zero-order chi connectivity index (χ0) is 56.1. The summed E-state index contributed by atoms with van der Waals surface area (Å²) in [6.45, 7) is 5.66. The largest absolute Gasteiger partial charge is 0.479 e. The molecule has 0 saturated carbocycles. The molecule has 6 atom stereocenters. The molecule has 0 aromatic carbocycles. The minimum absolute atomic E-state index is 0.00320. The van der Waals surface area contributed by atoms with Crippen molar-refractivity contribution < 1.29 is 58.2 Å². The van der Waals surface area contributed by atoms with Crippen molar-refractivity contribution >= 4 is 23.9 Å². The number of hydrogen-bond donors (Lipinski definition) is 3. The van der Waals surface area contributed by atoms with Crippen LogP contribution in [0.4, 0.5) is 0 Å². The Balaban J connectivity index is 2.73. The molecule has 0 bridgehead atoms. The SMILES string of the molecule is CC/C=C\C/C=C\C/C=C\C/C=C\CCCCC(=O)OC1C(OCC(COC(=O)CCCCCCCC/C=C\C/C=C\C/C=C\CCCCC)OC(=O)CCCCC/C=C\C/C=C\C/C=C\CC)OC(C(=O)O)C(O)C1O. The monoisotopic (exact) mass is 1070 g/mol. The van der Waals surface area contributed by atoms with Crippen molar-refractivity contribution in [2.75, 3.05) is 13.2 Å². The van der Waals surface area contributed by atoms with Gasteiger partial charge in [-0.1, -0.05) is 187 Å². The first-order chi connectivity index (χ1) is 37.6. The van der Waals surface area contributed by atoms with Gasteiger partial charge in [-0.2, -0.15) is 0 Å². The molecule has 0 aromatic heterocycles. The molecule has 0 amide bonds. The van der Waals surface area contributed by atoms with Crippen molar-refractivity contribution in [3.05, 3.63) is 122 Å². The van der Waals surface area contributed by atoms with Gasteiger partial charge in [0.25, 0.3) is 0 Å². The average molecular weight is 1080 g/mol. The second kappa shape index (κ2) is 51.9. The van der Waals surface area contributed by atoms with Gasteiger partial charge in [0.2, 0.25) is 0 Å². The van der Waals surface area contributed by atoms with Crippen LogP contribution in [0.1, 0.15) is 213 Å². The average Bonchev–Trinajstić information content (AvgIpc) is 3.42. The lowest BCUT2D eigenvalue weighted by Crippen LogP contribution is -2.61. The smallest absolute Gasteiger partial charge is 0.335 e. The van der Waals surface area contributed by atoms with E-state index in [0.29, 0.717) is 25.7 Å². The van der Waals surface area contributed by atoms with Gasteiger partial charge < -0.3 is 39.0 Å². The Hall–Kier alpha value is -4.88. The molecule has 0 aliphatic carbocycles. The number of aliphatic carboxylic acids is 1. The van der Waals surface area contributed by atoms with Gasteiger partial charge in [0.05, 0.1) is 6.61 Å². The number of rotatable bonds is 48. The zero-order valence-electron chi connectivity index (χ0n) is 47.7. The summed E-state index contributed by atoms with van der Waals surface area (Å²) in [4.78, 5) is 51.1. The topological polar surface area (TPSA) is 175 Å². The van der Waals surface area contributed by atoms with E-state index in [1.165, 1.54) is 25.7 Å². The van der Waals surface area contributed by atoms with E-state index in [9.17, 15) is 34.5 Å². The van der Waals surface area contributed by atoms with Crippen LogP contribution >= 0.6 is 0 Å². The minimum atomic E-state index is -1.93. The normalized spacial score (nSPS) is 18.9. The number of carbonyl (C=O) groups excluding carboxylic acids is 3. The van der Waals surface area contributed by atoms with Crippen LogP contribution in [0.5, 0.6) is 0 Å². The predicted octanol–water partition coefficient (Wildman–Crippen LogP) is 15.2. The maximum absolute atomic E-state index is 13.1. The van der Waals surface area contributed by atoms with Crippen LogP contribution in [-0.4, -0.2) is 89.2 Å². The fraction of sp³-hybridized carbons (Fsp3) is 0.631. The van der Waals surface area contributed by atoms with Gasteiger partial charge in [-0.05, 0) is 128 Å². The van der Waals surface area contributed by atoms with E-state index in [-0.39, 0.29) is 25.9 Å². The molecule has 0 spiro atoms. The molecule has 1 saturated heterocycles. The first kappa shape index (κ1) is 70.1. The summed E-state index contributed by atoms with van der Waals surface area (Å²) in [5, 5.41) is 31.5. The van der Waals surface area contributed by atoms with Crippen molar-refractivity contribution in [3.8, 4) is 0 Å². The van der Waals surface area contributed by atoms with Crippen molar-refractivity contribution in [2.45, 2.75) is 250 Å². The van der Waals surface area contributed by atoms with Crippen LogP contribution < -0.4 is 0 Å². The summed E-state index contributed by atoms with van der Waals surface area (Å²) in [7, 11) is 0. The highest BCUT2D eigenvalue weighted by atomic mass is 16.7. The second-order valence-electron chi connectivity index (χ2n) is 19.5. The van der Waals surface area contributed by atoms with E-state index in [1.807, 2.05) is 0 Å². The highest BCUT2D eigenvalue weighted by Gasteiger charge is 2.50. The van der Waals surface area contributed by atoms with E-state index < -0.39 is 67.3 Å². The van der Waals surface area contributed by atoms with Crippen molar-refractivity contribution in [1.82, 2.24) is 0 Å². The number of allylic oxidation sites excluding steroid dienone is 20. The standard InChI is InChI=1S/C65H102O12/c1-4-7-10-13-16-19-22-25-27-28-29-30-32-34-36-39-42-45-48-51-57(66)73-54-56(75-58(67)52-49-46-43-40-37-33-24-21-18-15-12-9-6-3)55-74-65-63(61(70)60(69)62(77-65)64(71)72)76-59(68)53-50-47-44-41-38-35-31-26-23-20-17-14-11-8-5-2/h8-9,11-12,16-21,25-27,29-31,33,37-38,41,56,60-63,65,69-70H,4-7,10,13-15,22-24,28,32,34-36,39-40,42-55H2,1-3H3,(H,71,72)/b11-8-,12-9-,19-16-,20-17-,21-18-,27-25-,30-29-,31-26-,37-33-,41-38-. The van der Waals surface area contributed by atoms with Crippen LogP contribution in [0.3, 0.4) is 0 Å². The lowest BCUT2D eigenvalue weighted by atomic mass is 9.98. The van der Waals surface area contributed by atoms with Crippen LogP contribution in [0.15, 0.2) is 122 Å². The molecule has 0 aromatic rings. The van der Waals surface area contributed by atoms with E-state index in [0.717, 1.165) is 122 Å². The lowest BCUT2D eigenvalue weighted by Gasteiger charge is -2.40. The molecule has 12 heteroatoms. The van der Waals surface area contributed by atoms with Gasteiger partial charge in [-0.3, -0.25) is 14.4 Å². The Kier molecular flexibility index (Phi) is 47.2. The van der Waals surface area contributed by atoms with Gasteiger partial charge in [0.1, 0.15) is 18.8 Å². The third kappa shape index (κ3) is 41.8. The first-order valence-corrected chi connectivity index (χ1v) is 29.5. The van der Waals surface area contributed by atoms with E-state index in [1.54, 1.807) is 0 Å². The quantitative estimate of drug-likeness (QED) is 0.0228. The van der Waals surface area contributed by atoms with Crippen molar-refractivity contribution in [2.24, 2.45) is 0 Å². The molecular formula is C65H102O12. The number of aliphatic hydroxyl groups is 2. The van der Waals surface area contributed by atoms with Crippen LogP contribution in [-0.2, 0) is 42.9 Å². The summed E-state index contributed by atoms with van der Waals surface area (Å²) in [6, 6.07) is 0. The highest BCUT2D eigenvalue weighted by Crippen LogP contribution is 2.26. The number of unbranched alkanes of at least 4 members (excludes halogenated alkanes) is 14. The molecule has 12 nitrogen and oxygen atoms in total. The van der Waals surface area contributed by atoms with Gasteiger partial charge in [-0.15, -0.1) is 0 Å². The van der Waals surface area contributed by atoms with E-state index in [4.69, 9.17) is 23.7 Å². The van der Waals surface area contributed by atoms with E-state index in [2.05, 4.69) is 142 Å².